The molecule has 2 aromatic carbocycles. The smallest absolute Gasteiger partial charge is 0.192 e. The summed E-state index contributed by atoms with van der Waals surface area (Å²) in [6.45, 7) is 6.11. The number of nitrogens with one attached hydrogen (secondary N) is 2. The van der Waals surface area contributed by atoms with Crippen molar-refractivity contribution in [3.63, 3.8) is 0 Å². The molecule has 0 amide bonds. The Kier molecular flexibility index (Phi) is 6.16. The van der Waals surface area contributed by atoms with Gasteiger partial charge in [0.25, 0.3) is 0 Å². The first kappa shape index (κ1) is 20.8. The van der Waals surface area contributed by atoms with Gasteiger partial charge in [0.15, 0.2) is 17.3 Å². The van der Waals surface area contributed by atoms with Crippen molar-refractivity contribution in [1.82, 2.24) is 10.6 Å². The quantitative estimate of drug-likeness (QED) is 0.686. The third-order valence-corrected chi connectivity index (χ3v) is 5.89. The molecule has 1 fully saturated rings. The van der Waals surface area contributed by atoms with Gasteiger partial charge in [-0.05, 0) is 61.2 Å². The molecule has 162 valence electrons. The van der Waals surface area contributed by atoms with Crippen LogP contribution in [0.25, 0.3) is 0 Å². The number of methoxy groups -OCH3 is 2. The van der Waals surface area contributed by atoms with E-state index in [1.54, 1.807) is 20.4 Å². The van der Waals surface area contributed by atoms with Gasteiger partial charge in [-0.3, -0.25) is 4.79 Å². The van der Waals surface area contributed by atoms with Crippen LogP contribution in [0.15, 0.2) is 66.6 Å². The fourth-order valence-corrected chi connectivity index (χ4v) is 4.18. The molecule has 2 heterocycles. The third kappa shape index (κ3) is 4.38. The molecule has 6 heteroatoms. The van der Waals surface area contributed by atoms with Gasteiger partial charge in [0.05, 0.1) is 26.1 Å². The number of rotatable bonds is 6. The molecule has 2 aromatic rings. The van der Waals surface area contributed by atoms with E-state index in [0.29, 0.717) is 28.5 Å². The van der Waals surface area contributed by atoms with Gasteiger partial charge in [-0.15, -0.1) is 0 Å². The highest BCUT2D eigenvalue weighted by molar-refractivity contribution is 6.09. The molecule has 0 aliphatic carbocycles. The summed E-state index contributed by atoms with van der Waals surface area (Å²) in [5.41, 5.74) is 3.35. The Bertz CT molecular complexity index is 992. The molecule has 4 rings (SSSR count). The van der Waals surface area contributed by atoms with Crippen molar-refractivity contribution in [3.05, 3.63) is 77.8 Å². The van der Waals surface area contributed by atoms with Gasteiger partial charge in [-0.2, -0.15) is 0 Å². The van der Waals surface area contributed by atoms with Crippen molar-refractivity contribution in [2.75, 3.05) is 32.2 Å². The molecule has 0 radical (unpaired) electrons. The van der Waals surface area contributed by atoms with E-state index in [9.17, 15) is 4.79 Å². The van der Waals surface area contributed by atoms with Gasteiger partial charge in [0.2, 0.25) is 0 Å². The Morgan fingerprint density at radius 3 is 2.39 bits per heavy atom. The highest BCUT2D eigenvalue weighted by Gasteiger charge is 2.28. The van der Waals surface area contributed by atoms with Crippen molar-refractivity contribution in [2.24, 2.45) is 0 Å². The van der Waals surface area contributed by atoms with Crippen LogP contribution >= 0.6 is 0 Å². The van der Waals surface area contributed by atoms with Gasteiger partial charge in [-0.25, -0.2) is 0 Å². The number of piperidine rings is 1. The predicted molar refractivity (Wildman–Crippen MR) is 123 cm³/mol. The zero-order chi connectivity index (χ0) is 21.8. The number of Topliss-reactive ketones (excluding diaryl/α,β-unsaturated/α-hetero) is 1. The van der Waals surface area contributed by atoms with Gasteiger partial charge in [0.1, 0.15) is 0 Å². The predicted octanol–water partition coefficient (Wildman–Crippen LogP) is 4.17. The van der Waals surface area contributed by atoms with E-state index < -0.39 is 0 Å². The number of carbonyl (C=O) groups excluding carboxylic acids is 1. The van der Waals surface area contributed by atoms with Crippen LogP contribution in [0.2, 0.25) is 0 Å². The molecule has 2 aliphatic rings. The average molecular weight is 420 g/mol. The second kappa shape index (κ2) is 9.16. The second-order valence-electron chi connectivity index (χ2n) is 7.84. The molecule has 31 heavy (non-hydrogen) atoms. The minimum atomic E-state index is -0.345. The topological polar surface area (TPSA) is 62.8 Å². The van der Waals surface area contributed by atoms with Crippen LogP contribution < -0.4 is 25.0 Å². The number of benzene rings is 2. The van der Waals surface area contributed by atoms with Crippen molar-refractivity contribution in [1.29, 1.82) is 0 Å². The number of ketones is 1. The molecule has 0 aromatic heterocycles. The second-order valence-corrected chi connectivity index (χ2v) is 7.84. The van der Waals surface area contributed by atoms with Gasteiger partial charge < -0.3 is 25.0 Å². The summed E-state index contributed by atoms with van der Waals surface area (Å²) in [6.07, 6.45) is 5.48. The van der Waals surface area contributed by atoms with Crippen LogP contribution in [0.5, 0.6) is 11.5 Å². The maximum atomic E-state index is 13.4. The van der Waals surface area contributed by atoms with Crippen molar-refractivity contribution in [2.45, 2.75) is 25.3 Å². The fourth-order valence-electron chi connectivity index (χ4n) is 4.18. The lowest BCUT2D eigenvalue weighted by Gasteiger charge is -2.30. The molecule has 1 saturated heterocycles. The van der Waals surface area contributed by atoms with E-state index in [4.69, 9.17) is 9.47 Å². The minimum absolute atomic E-state index is 0.0301. The summed E-state index contributed by atoms with van der Waals surface area (Å²) in [7, 11) is 3.20. The SMILES string of the molecule is C=C1NC=C(C(=O)c2ccc(N3CCCCC3)cc2)C(c2ccc(OC)c(OC)c2)N1. The van der Waals surface area contributed by atoms with Crippen LogP contribution in [0, 0.1) is 0 Å². The minimum Gasteiger partial charge on any atom is -0.493 e. The summed E-state index contributed by atoms with van der Waals surface area (Å²) in [5, 5.41) is 6.33. The van der Waals surface area contributed by atoms with Gasteiger partial charge >= 0.3 is 0 Å². The largest absolute Gasteiger partial charge is 0.493 e. The Morgan fingerprint density at radius 1 is 1.00 bits per heavy atom. The van der Waals surface area contributed by atoms with E-state index in [0.717, 1.165) is 18.7 Å². The number of anilines is 1. The Morgan fingerprint density at radius 2 is 1.71 bits per heavy atom. The summed E-state index contributed by atoms with van der Waals surface area (Å²) in [5.74, 6) is 1.86. The summed E-state index contributed by atoms with van der Waals surface area (Å²) in [4.78, 5) is 15.8. The maximum absolute atomic E-state index is 13.4. The molecule has 1 unspecified atom stereocenters. The molecule has 0 bridgehead atoms. The standard InChI is InChI=1S/C25H29N3O3/c1-17-26-16-21(24(27-17)19-9-12-22(30-2)23(15-19)31-3)25(29)18-7-10-20(11-8-18)28-13-5-4-6-14-28/h7-12,15-16,24,26-27H,1,4-6,13-14H2,2-3H3. The number of hydrogen-bond acceptors (Lipinski definition) is 6. The zero-order valence-corrected chi connectivity index (χ0v) is 18.1. The first-order valence-electron chi connectivity index (χ1n) is 10.6. The average Bonchev–Trinajstić information content (AvgIpc) is 2.83. The highest BCUT2D eigenvalue weighted by Crippen LogP contribution is 2.34. The monoisotopic (exact) mass is 419 g/mol. The summed E-state index contributed by atoms with van der Waals surface area (Å²) < 4.78 is 10.8. The molecule has 0 saturated carbocycles. The molecular formula is C25H29N3O3. The zero-order valence-electron chi connectivity index (χ0n) is 18.1. The normalized spacial score (nSPS) is 18.5. The van der Waals surface area contributed by atoms with E-state index in [1.165, 1.54) is 24.9 Å². The molecular weight excluding hydrogens is 390 g/mol. The molecule has 0 spiro atoms. The fraction of sp³-hybridized carbons (Fsp3) is 0.320. The Hall–Kier alpha value is -3.41. The highest BCUT2D eigenvalue weighted by atomic mass is 16.5. The van der Waals surface area contributed by atoms with E-state index in [2.05, 4.69) is 22.1 Å². The first-order valence-corrected chi connectivity index (χ1v) is 10.6. The summed E-state index contributed by atoms with van der Waals surface area (Å²) in [6, 6.07) is 13.2. The number of hydrogen-bond donors (Lipinski definition) is 2. The van der Waals surface area contributed by atoms with Gasteiger partial charge in [0, 0.05) is 36.1 Å². The molecule has 6 nitrogen and oxygen atoms in total. The van der Waals surface area contributed by atoms with E-state index in [1.807, 2.05) is 42.5 Å². The number of ether oxygens (including phenoxy) is 2. The van der Waals surface area contributed by atoms with Crippen LogP contribution in [0.3, 0.4) is 0 Å². The molecule has 2 aliphatic heterocycles. The molecule has 2 N–H and O–H groups in total. The Balaban J connectivity index is 1.60. The van der Waals surface area contributed by atoms with E-state index in [-0.39, 0.29) is 11.8 Å². The number of carbonyl (C=O) groups is 1. The summed E-state index contributed by atoms with van der Waals surface area (Å²) >= 11 is 0. The van der Waals surface area contributed by atoms with Gasteiger partial charge in [-0.1, -0.05) is 12.6 Å². The van der Waals surface area contributed by atoms with Crippen molar-refractivity contribution < 1.29 is 14.3 Å². The van der Waals surface area contributed by atoms with Crippen LogP contribution in [-0.4, -0.2) is 33.1 Å². The maximum Gasteiger partial charge on any atom is 0.192 e. The number of nitrogens with zero attached hydrogens (tertiary/aromatic N) is 1. The third-order valence-electron chi connectivity index (χ3n) is 5.89. The van der Waals surface area contributed by atoms with Crippen molar-refractivity contribution in [3.8, 4) is 11.5 Å². The van der Waals surface area contributed by atoms with Crippen LogP contribution in [0.1, 0.15) is 41.2 Å². The lowest BCUT2D eigenvalue weighted by atomic mass is 9.91. The Labute approximate surface area is 183 Å². The van der Waals surface area contributed by atoms with Crippen molar-refractivity contribution >= 4 is 11.5 Å². The lowest BCUT2D eigenvalue weighted by molar-refractivity contribution is 0.102. The molecule has 1 atom stereocenters. The first-order chi connectivity index (χ1) is 15.1. The van der Waals surface area contributed by atoms with Crippen LogP contribution in [0.4, 0.5) is 5.69 Å². The van der Waals surface area contributed by atoms with Crippen LogP contribution in [-0.2, 0) is 0 Å². The van der Waals surface area contributed by atoms with E-state index >= 15 is 0 Å². The lowest BCUT2D eigenvalue weighted by Crippen LogP contribution is -2.35.